The van der Waals surface area contributed by atoms with Gasteiger partial charge in [0.1, 0.15) is 0 Å². The second kappa shape index (κ2) is 3.57. The van der Waals surface area contributed by atoms with Crippen LogP contribution in [0.2, 0.25) is 0 Å². The van der Waals surface area contributed by atoms with E-state index in [-0.39, 0.29) is 5.41 Å². The Bertz CT molecular complexity index is 244. The molecule has 63 valence electrons. The molecule has 0 spiro atoms. The SMILES string of the molecule is C=CC(C)(C)Cc1cc[c]cc1. The average Bonchev–Trinajstić information content (AvgIpc) is 2.06. The Balaban J connectivity index is 2.70. The molecule has 0 atom stereocenters. The van der Waals surface area contributed by atoms with Crippen molar-refractivity contribution in [2.24, 2.45) is 5.41 Å². The maximum atomic E-state index is 3.82. The van der Waals surface area contributed by atoms with Gasteiger partial charge in [0.2, 0.25) is 0 Å². The summed E-state index contributed by atoms with van der Waals surface area (Å²) in [5.41, 5.74) is 1.54. The minimum Gasteiger partial charge on any atom is -0.103 e. The van der Waals surface area contributed by atoms with Gasteiger partial charge in [-0.3, -0.25) is 0 Å². The smallest absolute Gasteiger partial charge is 0.0137 e. The van der Waals surface area contributed by atoms with Gasteiger partial charge in [0.15, 0.2) is 0 Å². The van der Waals surface area contributed by atoms with E-state index in [1.807, 2.05) is 18.2 Å². The van der Waals surface area contributed by atoms with Gasteiger partial charge in [-0.15, -0.1) is 6.58 Å². The summed E-state index contributed by atoms with van der Waals surface area (Å²) in [5.74, 6) is 0. The zero-order valence-electron chi connectivity index (χ0n) is 7.80. The number of hydrogen-bond acceptors (Lipinski definition) is 0. The van der Waals surface area contributed by atoms with Gasteiger partial charge in [-0.1, -0.05) is 44.2 Å². The third-order valence-electron chi connectivity index (χ3n) is 2.00. The largest absolute Gasteiger partial charge is 0.103 e. The zero-order chi connectivity index (χ0) is 9.03. The fourth-order valence-corrected chi connectivity index (χ4v) is 1.14. The van der Waals surface area contributed by atoms with Gasteiger partial charge in [0.05, 0.1) is 0 Å². The number of hydrogen-bond donors (Lipinski definition) is 0. The molecule has 0 aromatic heterocycles. The maximum absolute atomic E-state index is 3.82. The molecule has 0 saturated heterocycles. The fourth-order valence-electron chi connectivity index (χ4n) is 1.14. The fraction of sp³-hybridized carbons (Fsp3) is 0.333. The third-order valence-corrected chi connectivity index (χ3v) is 2.00. The molecule has 12 heavy (non-hydrogen) atoms. The zero-order valence-corrected chi connectivity index (χ0v) is 7.80. The summed E-state index contributed by atoms with van der Waals surface area (Å²) < 4.78 is 0. The molecular formula is C12H15. The predicted octanol–water partition coefficient (Wildman–Crippen LogP) is 3.24. The first kappa shape index (κ1) is 9.05. The summed E-state index contributed by atoms with van der Waals surface area (Å²) in [7, 11) is 0. The minimum atomic E-state index is 0.196. The van der Waals surface area contributed by atoms with Gasteiger partial charge in [-0.2, -0.15) is 0 Å². The molecule has 0 bridgehead atoms. The molecule has 0 fully saturated rings. The summed E-state index contributed by atoms with van der Waals surface area (Å²) in [6, 6.07) is 11.1. The lowest BCUT2D eigenvalue weighted by Crippen LogP contribution is -2.10. The summed E-state index contributed by atoms with van der Waals surface area (Å²) >= 11 is 0. The molecule has 0 aliphatic rings. The van der Waals surface area contributed by atoms with Gasteiger partial charge in [-0.25, -0.2) is 0 Å². The van der Waals surface area contributed by atoms with Crippen LogP contribution in [0, 0.1) is 11.5 Å². The monoisotopic (exact) mass is 159 g/mol. The number of allylic oxidation sites excluding steroid dienone is 1. The topological polar surface area (TPSA) is 0 Å². The molecule has 1 rings (SSSR count). The van der Waals surface area contributed by atoms with E-state index in [1.165, 1.54) is 5.56 Å². The van der Waals surface area contributed by atoms with Crippen LogP contribution in [0.1, 0.15) is 19.4 Å². The lowest BCUT2D eigenvalue weighted by molar-refractivity contribution is 0.479. The van der Waals surface area contributed by atoms with Crippen molar-refractivity contribution < 1.29 is 0 Å². The van der Waals surface area contributed by atoms with Gasteiger partial charge in [-0.05, 0) is 23.5 Å². The minimum absolute atomic E-state index is 0.196. The first-order chi connectivity index (χ1) is 5.64. The van der Waals surface area contributed by atoms with Crippen LogP contribution in [0.4, 0.5) is 0 Å². The molecule has 0 nitrogen and oxygen atoms in total. The Morgan fingerprint density at radius 2 is 2.00 bits per heavy atom. The third kappa shape index (κ3) is 2.54. The quantitative estimate of drug-likeness (QED) is 0.594. The standard InChI is InChI=1S/C12H15/c1-4-12(2,3)10-11-8-6-5-7-9-11/h4,6-9H,1,10H2,2-3H3. The highest BCUT2D eigenvalue weighted by molar-refractivity contribution is 5.16. The van der Waals surface area contributed by atoms with E-state index in [1.54, 1.807) is 0 Å². The molecule has 0 heterocycles. The van der Waals surface area contributed by atoms with Crippen molar-refractivity contribution in [1.29, 1.82) is 0 Å². The number of benzene rings is 1. The molecular weight excluding hydrogens is 144 g/mol. The molecule has 1 radical (unpaired) electrons. The van der Waals surface area contributed by atoms with E-state index in [0.29, 0.717) is 0 Å². The van der Waals surface area contributed by atoms with Crippen LogP contribution in [-0.4, -0.2) is 0 Å². The van der Waals surface area contributed by atoms with E-state index < -0.39 is 0 Å². The lowest BCUT2D eigenvalue weighted by atomic mass is 9.86. The predicted molar refractivity (Wildman–Crippen MR) is 53.0 cm³/mol. The Kier molecular flexibility index (Phi) is 2.69. The van der Waals surface area contributed by atoms with E-state index in [4.69, 9.17) is 0 Å². The summed E-state index contributed by atoms with van der Waals surface area (Å²) in [5, 5.41) is 0. The normalized spacial score (nSPS) is 11.2. The van der Waals surface area contributed by atoms with Crippen LogP contribution in [0.5, 0.6) is 0 Å². The van der Waals surface area contributed by atoms with Crippen molar-refractivity contribution >= 4 is 0 Å². The highest BCUT2D eigenvalue weighted by Crippen LogP contribution is 2.22. The lowest BCUT2D eigenvalue weighted by Gasteiger charge is -2.19. The van der Waals surface area contributed by atoms with Gasteiger partial charge >= 0.3 is 0 Å². The number of rotatable bonds is 3. The Morgan fingerprint density at radius 1 is 1.42 bits per heavy atom. The van der Waals surface area contributed by atoms with Crippen LogP contribution >= 0.6 is 0 Å². The highest BCUT2D eigenvalue weighted by Gasteiger charge is 2.12. The maximum Gasteiger partial charge on any atom is -0.0137 e. The second-order valence-corrected chi connectivity index (χ2v) is 3.78. The van der Waals surface area contributed by atoms with Crippen LogP contribution in [0.25, 0.3) is 0 Å². The van der Waals surface area contributed by atoms with Crippen LogP contribution in [0.3, 0.4) is 0 Å². The molecule has 0 unspecified atom stereocenters. The molecule has 0 aliphatic heterocycles. The second-order valence-electron chi connectivity index (χ2n) is 3.78. The first-order valence-corrected chi connectivity index (χ1v) is 4.23. The summed E-state index contributed by atoms with van der Waals surface area (Å²) in [6.45, 7) is 8.20. The molecule has 0 aliphatic carbocycles. The first-order valence-electron chi connectivity index (χ1n) is 4.23. The highest BCUT2D eigenvalue weighted by atomic mass is 14.2. The summed E-state index contributed by atoms with van der Waals surface area (Å²) in [4.78, 5) is 0. The Hall–Kier alpha value is -1.04. The molecule has 1 aromatic rings. The van der Waals surface area contributed by atoms with Crippen molar-refractivity contribution in [3.05, 3.63) is 48.6 Å². The molecule has 1 aromatic carbocycles. The summed E-state index contributed by atoms with van der Waals surface area (Å²) in [6.07, 6.45) is 3.05. The van der Waals surface area contributed by atoms with Gasteiger partial charge in [0.25, 0.3) is 0 Å². The Labute approximate surface area is 74.9 Å². The van der Waals surface area contributed by atoms with Crippen LogP contribution < -0.4 is 0 Å². The molecule has 0 saturated carbocycles. The van der Waals surface area contributed by atoms with E-state index in [2.05, 4.69) is 38.6 Å². The van der Waals surface area contributed by atoms with Crippen LogP contribution in [-0.2, 0) is 6.42 Å². The Morgan fingerprint density at radius 3 is 2.50 bits per heavy atom. The average molecular weight is 159 g/mol. The van der Waals surface area contributed by atoms with E-state index >= 15 is 0 Å². The van der Waals surface area contributed by atoms with Crippen molar-refractivity contribution in [2.45, 2.75) is 20.3 Å². The molecule has 0 amide bonds. The van der Waals surface area contributed by atoms with Crippen molar-refractivity contribution in [2.75, 3.05) is 0 Å². The van der Waals surface area contributed by atoms with Gasteiger partial charge < -0.3 is 0 Å². The molecule has 0 heteroatoms. The van der Waals surface area contributed by atoms with E-state index in [0.717, 1.165) is 6.42 Å². The molecule has 0 N–H and O–H groups in total. The van der Waals surface area contributed by atoms with Gasteiger partial charge in [0, 0.05) is 0 Å². The van der Waals surface area contributed by atoms with Crippen molar-refractivity contribution in [1.82, 2.24) is 0 Å². The van der Waals surface area contributed by atoms with E-state index in [9.17, 15) is 0 Å². The van der Waals surface area contributed by atoms with Crippen molar-refractivity contribution in [3.8, 4) is 0 Å². The van der Waals surface area contributed by atoms with Crippen LogP contribution in [0.15, 0.2) is 36.9 Å². The van der Waals surface area contributed by atoms with Crippen molar-refractivity contribution in [3.63, 3.8) is 0 Å².